The molecule has 27 heavy (non-hydrogen) atoms. The number of carbonyl (C=O) groups excluding carboxylic acids is 1. The zero-order valence-electron chi connectivity index (χ0n) is 16.0. The Morgan fingerprint density at radius 1 is 1.48 bits per heavy atom. The van der Waals surface area contributed by atoms with E-state index in [0.717, 1.165) is 48.1 Å². The molecule has 1 atom stereocenters. The molecule has 1 saturated heterocycles. The lowest BCUT2D eigenvalue weighted by molar-refractivity contribution is -0.116. The topological polar surface area (TPSA) is 63.7 Å². The van der Waals surface area contributed by atoms with Crippen molar-refractivity contribution in [2.45, 2.75) is 32.3 Å². The first-order valence-electron chi connectivity index (χ1n) is 9.27. The second kappa shape index (κ2) is 7.22. The van der Waals surface area contributed by atoms with Crippen LogP contribution in [-0.4, -0.2) is 49.9 Å². The van der Waals surface area contributed by atoms with Crippen LogP contribution in [0.2, 0.25) is 0 Å². The molecule has 1 aromatic carbocycles. The first-order valence-corrected chi connectivity index (χ1v) is 10.1. The average Bonchev–Trinajstić information content (AvgIpc) is 3.38. The molecule has 2 aliphatic rings. The van der Waals surface area contributed by atoms with Crippen molar-refractivity contribution < 1.29 is 14.3 Å². The van der Waals surface area contributed by atoms with Gasteiger partial charge in [-0.1, -0.05) is 6.07 Å². The van der Waals surface area contributed by atoms with E-state index >= 15 is 0 Å². The van der Waals surface area contributed by atoms with Gasteiger partial charge in [-0.05, 0) is 31.0 Å². The standard InChI is InChI=1S/C20H25N3O3S/c1-13-18(16-4-5-17-15(10-16)6-8-23(17)14(2)24)22-19(27-13)21-11-20(25-3)7-9-26-12-20/h4-5,10H,6-9,11-12H2,1-3H3,(H,21,22). The van der Waals surface area contributed by atoms with Gasteiger partial charge in [-0.3, -0.25) is 4.79 Å². The van der Waals surface area contributed by atoms with Crippen molar-refractivity contribution in [1.82, 2.24) is 4.98 Å². The maximum atomic E-state index is 11.7. The van der Waals surface area contributed by atoms with Crippen molar-refractivity contribution in [3.05, 3.63) is 28.6 Å². The Morgan fingerprint density at radius 3 is 3.04 bits per heavy atom. The normalized spacial score (nSPS) is 21.5. The maximum Gasteiger partial charge on any atom is 0.223 e. The summed E-state index contributed by atoms with van der Waals surface area (Å²) >= 11 is 1.66. The zero-order chi connectivity index (χ0) is 19.0. The van der Waals surface area contributed by atoms with Crippen LogP contribution in [0.25, 0.3) is 11.3 Å². The number of nitrogens with zero attached hydrogens (tertiary/aromatic N) is 2. The molecule has 2 aromatic rings. The highest BCUT2D eigenvalue weighted by Crippen LogP contribution is 2.36. The number of hydrogen-bond acceptors (Lipinski definition) is 6. The molecule has 0 aliphatic carbocycles. The number of anilines is 2. The minimum atomic E-state index is -0.260. The van der Waals surface area contributed by atoms with Gasteiger partial charge >= 0.3 is 0 Å². The van der Waals surface area contributed by atoms with Crippen LogP contribution in [0, 0.1) is 6.92 Å². The average molecular weight is 388 g/mol. The number of benzene rings is 1. The molecule has 3 heterocycles. The molecule has 144 valence electrons. The highest BCUT2D eigenvalue weighted by molar-refractivity contribution is 7.16. The Hall–Kier alpha value is -1.96. The fourth-order valence-corrected chi connectivity index (χ4v) is 4.65. The van der Waals surface area contributed by atoms with Crippen LogP contribution in [0.15, 0.2) is 18.2 Å². The molecule has 1 amide bonds. The van der Waals surface area contributed by atoms with E-state index in [1.54, 1.807) is 25.4 Å². The number of rotatable bonds is 5. The van der Waals surface area contributed by atoms with Gasteiger partial charge in [0.15, 0.2) is 5.13 Å². The molecular weight excluding hydrogens is 362 g/mol. The van der Waals surface area contributed by atoms with Crippen LogP contribution in [0.1, 0.15) is 23.8 Å². The predicted octanol–water partition coefficient (Wildman–Crippen LogP) is 3.24. The number of methoxy groups -OCH3 is 1. The Morgan fingerprint density at radius 2 is 2.33 bits per heavy atom. The first-order chi connectivity index (χ1) is 13.0. The molecular formula is C20H25N3O3S. The van der Waals surface area contributed by atoms with Crippen LogP contribution in [0.5, 0.6) is 0 Å². The van der Waals surface area contributed by atoms with Crippen LogP contribution in [0.4, 0.5) is 10.8 Å². The summed E-state index contributed by atoms with van der Waals surface area (Å²) < 4.78 is 11.2. The first kappa shape index (κ1) is 18.4. The monoisotopic (exact) mass is 387 g/mol. The summed E-state index contributed by atoms with van der Waals surface area (Å²) in [6, 6.07) is 6.28. The highest BCUT2D eigenvalue weighted by Gasteiger charge is 2.35. The minimum Gasteiger partial charge on any atom is -0.378 e. The molecule has 2 aliphatic heterocycles. The maximum absolute atomic E-state index is 11.7. The summed E-state index contributed by atoms with van der Waals surface area (Å²) in [6.07, 6.45) is 1.79. The molecule has 0 bridgehead atoms. The predicted molar refractivity (Wildman–Crippen MR) is 108 cm³/mol. The van der Waals surface area contributed by atoms with E-state index in [-0.39, 0.29) is 11.5 Å². The van der Waals surface area contributed by atoms with E-state index < -0.39 is 0 Å². The molecule has 1 fully saturated rings. The van der Waals surface area contributed by atoms with Gasteiger partial charge in [0.2, 0.25) is 5.91 Å². The van der Waals surface area contributed by atoms with Gasteiger partial charge in [0.1, 0.15) is 5.60 Å². The van der Waals surface area contributed by atoms with Gasteiger partial charge in [0.25, 0.3) is 0 Å². The fraction of sp³-hybridized carbons (Fsp3) is 0.500. The van der Waals surface area contributed by atoms with Crippen molar-refractivity contribution in [3.8, 4) is 11.3 Å². The van der Waals surface area contributed by atoms with Crippen molar-refractivity contribution in [2.24, 2.45) is 0 Å². The van der Waals surface area contributed by atoms with Crippen LogP contribution in [-0.2, 0) is 20.7 Å². The van der Waals surface area contributed by atoms with Gasteiger partial charge in [-0.15, -0.1) is 11.3 Å². The highest BCUT2D eigenvalue weighted by atomic mass is 32.1. The van der Waals surface area contributed by atoms with Crippen molar-refractivity contribution >= 4 is 28.1 Å². The number of fused-ring (bicyclic) bond motifs is 1. The van der Waals surface area contributed by atoms with Crippen molar-refractivity contribution in [3.63, 3.8) is 0 Å². The molecule has 0 spiro atoms. The van der Waals surface area contributed by atoms with Gasteiger partial charge in [0.05, 0.1) is 12.3 Å². The zero-order valence-corrected chi connectivity index (χ0v) is 16.8. The Balaban J connectivity index is 1.53. The largest absolute Gasteiger partial charge is 0.378 e. The van der Waals surface area contributed by atoms with Gasteiger partial charge < -0.3 is 19.7 Å². The van der Waals surface area contributed by atoms with Gasteiger partial charge in [-0.25, -0.2) is 4.98 Å². The van der Waals surface area contributed by atoms with E-state index in [9.17, 15) is 4.79 Å². The number of hydrogen-bond donors (Lipinski definition) is 1. The molecule has 0 saturated carbocycles. The number of nitrogens with one attached hydrogen (secondary N) is 1. The number of aromatic nitrogens is 1. The number of carbonyl (C=O) groups is 1. The summed E-state index contributed by atoms with van der Waals surface area (Å²) in [6.45, 7) is 6.52. The number of thiazole rings is 1. The smallest absolute Gasteiger partial charge is 0.223 e. The molecule has 0 radical (unpaired) electrons. The lowest BCUT2D eigenvalue weighted by Gasteiger charge is -2.25. The van der Waals surface area contributed by atoms with Gasteiger partial charge in [0, 0.05) is 56.3 Å². The van der Waals surface area contributed by atoms with E-state index in [0.29, 0.717) is 13.2 Å². The molecule has 6 nitrogen and oxygen atoms in total. The van der Waals surface area contributed by atoms with E-state index in [1.807, 2.05) is 11.0 Å². The second-order valence-corrected chi connectivity index (χ2v) is 8.43. The molecule has 4 rings (SSSR count). The van der Waals surface area contributed by atoms with Crippen molar-refractivity contribution in [2.75, 3.05) is 43.6 Å². The number of amides is 1. The quantitative estimate of drug-likeness (QED) is 0.853. The van der Waals surface area contributed by atoms with Crippen molar-refractivity contribution in [1.29, 1.82) is 0 Å². The summed E-state index contributed by atoms with van der Waals surface area (Å²) in [7, 11) is 1.74. The van der Waals surface area contributed by atoms with Crippen LogP contribution in [0.3, 0.4) is 0 Å². The summed E-state index contributed by atoms with van der Waals surface area (Å²) in [5, 5.41) is 4.33. The number of aryl methyl sites for hydroxylation is 1. The SMILES string of the molecule is COC1(CNc2nc(-c3ccc4c(c3)CCN4C(C)=O)c(C)s2)CCOC1. The summed E-state index contributed by atoms with van der Waals surface area (Å²) in [4.78, 5) is 19.6. The third kappa shape index (κ3) is 3.47. The minimum absolute atomic E-state index is 0.0980. The molecule has 7 heteroatoms. The molecule has 1 unspecified atom stereocenters. The fourth-order valence-electron chi connectivity index (χ4n) is 3.81. The Kier molecular flexibility index (Phi) is 4.92. The van der Waals surface area contributed by atoms with Crippen LogP contribution < -0.4 is 10.2 Å². The van der Waals surface area contributed by atoms with Crippen LogP contribution >= 0.6 is 11.3 Å². The van der Waals surface area contributed by atoms with E-state index in [4.69, 9.17) is 14.5 Å². The van der Waals surface area contributed by atoms with E-state index in [2.05, 4.69) is 24.4 Å². The summed E-state index contributed by atoms with van der Waals surface area (Å²) in [5.74, 6) is 0.0980. The Labute approximate surface area is 163 Å². The number of ether oxygens (including phenoxy) is 2. The lowest BCUT2D eigenvalue weighted by atomic mass is 10.0. The lowest BCUT2D eigenvalue weighted by Crippen LogP contribution is -2.39. The second-order valence-electron chi connectivity index (χ2n) is 7.23. The third-order valence-electron chi connectivity index (χ3n) is 5.49. The van der Waals surface area contributed by atoms with E-state index in [1.165, 1.54) is 10.4 Å². The molecule has 1 aromatic heterocycles. The summed E-state index contributed by atoms with van der Waals surface area (Å²) in [5.41, 5.74) is 4.09. The molecule has 1 N–H and O–H groups in total. The van der Waals surface area contributed by atoms with Gasteiger partial charge in [-0.2, -0.15) is 0 Å². The third-order valence-corrected chi connectivity index (χ3v) is 6.42. The Bertz CT molecular complexity index is 858.